The zero-order chi connectivity index (χ0) is 15.2. The van der Waals surface area contributed by atoms with E-state index in [1.165, 1.54) is 0 Å². The maximum atomic E-state index is 11.7. The van der Waals surface area contributed by atoms with Gasteiger partial charge in [0.15, 0.2) is 0 Å². The van der Waals surface area contributed by atoms with E-state index >= 15 is 0 Å². The van der Waals surface area contributed by atoms with E-state index in [0.29, 0.717) is 23.2 Å². The second-order valence-corrected chi connectivity index (χ2v) is 5.98. The number of amides is 1. The molecule has 0 aliphatic carbocycles. The first-order valence-corrected chi connectivity index (χ1v) is 7.83. The normalized spacial score (nSPS) is 15.5. The molecule has 1 saturated heterocycles. The summed E-state index contributed by atoms with van der Waals surface area (Å²) in [5.41, 5.74) is 1.01. The Labute approximate surface area is 147 Å². The van der Waals surface area contributed by atoms with E-state index in [4.69, 9.17) is 27.9 Å². The Kier molecular flexibility index (Phi) is 8.50. The lowest BCUT2D eigenvalue weighted by atomic mass is 10.1. The summed E-state index contributed by atoms with van der Waals surface area (Å²) in [6, 6.07) is 5.52. The van der Waals surface area contributed by atoms with Gasteiger partial charge in [-0.3, -0.25) is 4.79 Å². The lowest BCUT2D eigenvalue weighted by Crippen LogP contribution is -2.44. The van der Waals surface area contributed by atoms with Crippen LogP contribution in [0.15, 0.2) is 18.2 Å². The van der Waals surface area contributed by atoms with Crippen LogP contribution in [0.25, 0.3) is 0 Å². The molecule has 0 unspecified atom stereocenters. The smallest absolute Gasteiger partial charge is 0.236 e. The number of ether oxygens (including phenoxy) is 1. The average molecular weight is 368 g/mol. The molecule has 0 bridgehead atoms. The fourth-order valence-corrected chi connectivity index (χ4v) is 2.70. The summed E-state index contributed by atoms with van der Waals surface area (Å²) in [6.07, 6.45) is 1.94. The highest BCUT2D eigenvalue weighted by Gasteiger charge is 2.22. The molecule has 22 heavy (non-hydrogen) atoms. The summed E-state index contributed by atoms with van der Waals surface area (Å²) >= 11 is 11.9. The van der Waals surface area contributed by atoms with Crippen molar-refractivity contribution in [3.8, 4) is 0 Å². The third kappa shape index (κ3) is 5.60. The molecular weight excluding hydrogens is 347 g/mol. The molecule has 1 aliphatic rings. The van der Waals surface area contributed by atoms with Crippen molar-refractivity contribution < 1.29 is 9.53 Å². The Bertz CT molecular complexity index is 492. The fourth-order valence-electron chi connectivity index (χ4n) is 2.38. The van der Waals surface area contributed by atoms with Crippen LogP contribution in [-0.4, -0.2) is 43.6 Å². The van der Waals surface area contributed by atoms with Crippen LogP contribution in [0.5, 0.6) is 0 Å². The van der Waals surface area contributed by atoms with Crippen LogP contribution in [0.1, 0.15) is 18.4 Å². The number of hydrogen-bond donors (Lipinski definition) is 1. The predicted octanol–water partition coefficient (Wildman–Crippen LogP) is 3.14. The molecule has 0 atom stereocenters. The van der Waals surface area contributed by atoms with Gasteiger partial charge in [0.25, 0.3) is 0 Å². The molecule has 124 valence electrons. The molecule has 1 aliphatic heterocycles. The average Bonchev–Trinajstić information content (AvgIpc) is 2.49. The van der Waals surface area contributed by atoms with Crippen molar-refractivity contribution in [1.29, 1.82) is 0 Å². The number of nitrogens with zero attached hydrogens (tertiary/aromatic N) is 1. The number of halogens is 3. The fraction of sp³-hybridized carbons (Fsp3) is 0.533. The summed E-state index contributed by atoms with van der Waals surface area (Å²) in [5, 5.41) is 3.99. The standard InChI is InChI=1S/C15H20Cl2N2O2.ClH/c1-18-9-15(20)19-6-4-12(5-7-19)21-10-11-2-3-13(16)14(17)8-11;/h2-3,8,12,18H,4-7,9-10H2,1H3;1H. The number of benzene rings is 1. The Hall–Kier alpha value is -0.520. The van der Waals surface area contributed by atoms with Gasteiger partial charge in [0.05, 0.1) is 29.3 Å². The molecule has 1 aromatic carbocycles. The summed E-state index contributed by atoms with van der Waals surface area (Å²) in [7, 11) is 1.78. The van der Waals surface area contributed by atoms with Crippen LogP contribution >= 0.6 is 35.6 Å². The first-order chi connectivity index (χ1) is 10.1. The number of hydrogen-bond acceptors (Lipinski definition) is 3. The lowest BCUT2D eigenvalue weighted by molar-refractivity contribution is -0.132. The number of likely N-dealkylation sites (N-methyl/N-ethyl adjacent to an activating group) is 1. The SMILES string of the molecule is CNCC(=O)N1CCC(OCc2ccc(Cl)c(Cl)c2)CC1.Cl. The van der Waals surface area contributed by atoms with Crippen LogP contribution in [0.3, 0.4) is 0 Å². The van der Waals surface area contributed by atoms with Gasteiger partial charge in [0.2, 0.25) is 5.91 Å². The Morgan fingerprint density at radius 2 is 2.00 bits per heavy atom. The maximum absolute atomic E-state index is 11.7. The molecule has 7 heteroatoms. The topological polar surface area (TPSA) is 41.6 Å². The number of carbonyl (C=O) groups is 1. The lowest BCUT2D eigenvalue weighted by Gasteiger charge is -2.32. The zero-order valence-electron chi connectivity index (χ0n) is 12.5. The molecule has 1 N–H and O–H groups in total. The van der Waals surface area contributed by atoms with E-state index in [0.717, 1.165) is 31.5 Å². The van der Waals surface area contributed by atoms with Crippen molar-refractivity contribution in [3.63, 3.8) is 0 Å². The molecule has 1 amide bonds. The second-order valence-electron chi connectivity index (χ2n) is 5.17. The summed E-state index contributed by atoms with van der Waals surface area (Å²) < 4.78 is 5.90. The van der Waals surface area contributed by atoms with Gasteiger partial charge in [0.1, 0.15) is 0 Å². The van der Waals surface area contributed by atoms with Crippen LogP contribution in [0.2, 0.25) is 10.0 Å². The molecule has 4 nitrogen and oxygen atoms in total. The molecule has 2 rings (SSSR count). The molecule has 0 radical (unpaired) electrons. The largest absolute Gasteiger partial charge is 0.373 e. The molecule has 1 fully saturated rings. The van der Waals surface area contributed by atoms with Gasteiger partial charge in [-0.05, 0) is 37.6 Å². The Balaban J connectivity index is 0.00000242. The minimum absolute atomic E-state index is 0. The molecule has 0 saturated carbocycles. The van der Waals surface area contributed by atoms with Gasteiger partial charge in [-0.2, -0.15) is 0 Å². The van der Waals surface area contributed by atoms with Gasteiger partial charge in [-0.25, -0.2) is 0 Å². The van der Waals surface area contributed by atoms with Crippen LogP contribution in [-0.2, 0) is 16.1 Å². The predicted molar refractivity (Wildman–Crippen MR) is 92.0 cm³/mol. The third-order valence-corrected chi connectivity index (χ3v) is 4.33. The molecule has 1 aromatic rings. The van der Waals surface area contributed by atoms with Crippen molar-refractivity contribution >= 4 is 41.5 Å². The summed E-state index contributed by atoms with van der Waals surface area (Å²) in [6.45, 7) is 2.43. The van der Waals surface area contributed by atoms with Crippen molar-refractivity contribution in [2.75, 3.05) is 26.7 Å². The highest BCUT2D eigenvalue weighted by molar-refractivity contribution is 6.42. The van der Waals surface area contributed by atoms with E-state index in [1.54, 1.807) is 13.1 Å². The third-order valence-electron chi connectivity index (χ3n) is 3.59. The Morgan fingerprint density at radius 1 is 1.32 bits per heavy atom. The monoisotopic (exact) mass is 366 g/mol. The van der Waals surface area contributed by atoms with Crippen molar-refractivity contribution in [3.05, 3.63) is 33.8 Å². The number of nitrogens with one attached hydrogen (secondary N) is 1. The van der Waals surface area contributed by atoms with Crippen molar-refractivity contribution in [2.24, 2.45) is 0 Å². The van der Waals surface area contributed by atoms with Gasteiger partial charge < -0.3 is 15.0 Å². The van der Waals surface area contributed by atoms with Gasteiger partial charge >= 0.3 is 0 Å². The van der Waals surface area contributed by atoms with Crippen molar-refractivity contribution in [1.82, 2.24) is 10.2 Å². The highest BCUT2D eigenvalue weighted by Crippen LogP contribution is 2.23. The maximum Gasteiger partial charge on any atom is 0.236 e. The summed E-state index contributed by atoms with van der Waals surface area (Å²) in [4.78, 5) is 13.6. The minimum atomic E-state index is 0. The van der Waals surface area contributed by atoms with Crippen LogP contribution in [0.4, 0.5) is 0 Å². The van der Waals surface area contributed by atoms with E-state index in [1.807, 2.05) is 17.0 Å². The van der Waals surface area contributed by atoms with Gasteiger partial charge in [-0.1, -0.05) is 29.3 Å². The van der Waals surface area contributed by atoms with Gasteiger partial charge in [0, 0.05) is 13.1 Å². The quantitative estimate of drug-likeness (QED) is 0.869. The van der Waals surface area contributed by atoms with E-state index in [9.17, 15) is 4.79 Å². The molecule has 1 heterocycles. The highest BCUT2D eigenvalue weighted by atomic mass is 35.5. The van der Waals surface area contributed by atoms with Crippen LogP contribution < -0.4 is 5.32 Å². The molecule has 0 aromatic heterocycles. The molecule has 0 spiro atoms. The minimum Gasteiger partial charge on any atom is -0.373 e. The number of piperidine rings is 1. The van der Waals surface area contributed by atoms with E-state index in [-0.39, 0.29) is 24.4 Å². The summed E-state index contributed by atoms with van der Waals surface area (Å²) in [5.74, 6) is 0.153. The number of likely N-dealkylation sites (tertiary alicyclic amines) is 1. The zero-order valence-corrected chi connectivity index (χ0v) is 14.8. The van der Waals surface area contributed by atoms with Gasteiger partial charge in [-0.15, -0.1) is 12.4 Å². The Morgan fingerprint density at radius 3 is 2.59 bits per heavy atom. The van der Waals surface area contributed by atoms with E-state index in [2.05, 4.69) is 5.32 Å². The number of carbonyl (C=O) groups excluding carboxylic acids is 1. The van der Waals surface area contributed by atoms with Crippen LogP contribution in [0, 0.1) is 0 Å². The second kappa shape index (κ2) is 9.58. The van der Waals surface area contributed by atoms with Crippen molar-refractivity contribution in [2.45, 2.75) is 25.6 Å². The number of rotatable bonds is 5. The first-order valence-electron chi connectivity index (χ1n) is 7.08. The van der Waals surface area contributed by atoms with E-state index < -0.39 is 0 Å². The first kappa shape index (κ1) is 19.5. The molecular formula is C15H21Cl3N2O2.